The van der Waals surface area contributed by atoms with E-state index in [9.17, 15) is 4.79 Å². The van der Waals surface area contributed by atoms with Crippen LogP contribution in [0.2, 0.25) is 0 Å². The molecule has 1 saturated heterocycles. The fraction of sp³-hybridized carbons (Fsp3) is 0.529. The minimum Gasteiger partial charge on any atom is -0.353 e. The van der Waals surface area contributed by atoms with E-state index in [0.717, 1.165) is 43.2 Å². The summed E-state index contributed by atoms with van der Waals surface area (Å²) in [6.07, 6.45) is 1.06. The van der Waals surface area contributed by atoms with Crippen molar-refractivity contribution in [1.82, 2.24) is 15.2 Å². The van der Waals surface area contributed by atoms with Crippen LogP contribution in [0.1, 0.15) is 20.3 Å². The molecule has 5 nitrogen and oxygen atoms in total. The van der Waals surface area contributed by atoms with Crippen molar-refractivity contribution in [3.8, 4) is 0 Å². The quantitative estimate of drug-likeness (QED) is 0.933. The number of amides is 1. The van der Waals surface area contributed by atoms with Gasteiger partial charge in [-0.1, -0.05) is 23.5 Å². The van der Waals surface area contributed by atoms with Crippen molar-refractivity contribution in [2.24, 2.45) is 0 Å². The molecule has 0 atom stereocenters. The first-order valence-corrected chi connectivity index (χ1v) is 9.06. The fourth-order valence-electron chi connectivity index (χ4n) is 2.89. The summed E-state index contributed by atoms with van der Waals surface area (Å²) in [5, 5.41) is 4.06. The van der Waals surface area contributed by atoms with Crippen LogP contribution in [0.25, 0.3) is 10.2 Å². The molecule has 6 heteroatoms. The van der Waals surface area contributed by atoms with Gasteiger partial charge in [0.25, 0.3) is 0 Å². The number of benzene rings is 1. The third kappa shape index (κ3) is 4.20. The van der Waals surface area contributed by atoms with Gasteiger partial charge in [0, 0.05) is 32.2 Å². The predicted octanol–water partition coefficient (Wildman–Crippen LogP) is 2.33. The molecular formula is C17H24N4OS. The third-order valence-corrected chi connectivity index (χ3v) is 5.06. The second kappa shape index (κ2) is 7.27. The van der Waals surface area contributed by atoms with E-state index in [1.165, 1.54) is 4.70 Å². The molecule has 0 radical (unpaired) electrons. The zero-order valence-electron chi connectivity index (χ0n) is 13.8. The number of hydrogen-bond acceptors (Lipinski definition) is 5. The highest BCUT2D eigenvalue weighted by Gasteiger charge is 2.19. The van der Waals surface area contributed by atoms with Crippen LogP contribution in [-0.4, -0.2) is 54.6 Å². The van der Waals surface area contributed by atoms with E-state index in [0.29, 0.717) is 6.54 Å². The molecule has 1 aliphatic heterocycles. The summed E-state index contributed by atoms with van der Waals surface area (Å²) in [7, 11) is 0. The molecule has 2 heterocycles. The lowest BCUT2D eigenvalue weighted by atomic mass is 10.3. The van der Waals surface area contributed by atoms with E-state index in [1.54, 1.807) is 11.3 Å². The van der Waals surface area contributed by atoms with Crippen LogP contribution in [0.3, 0.4) is 0 Å². The maximum atomic E-state index is 11.9. The largest absolute Gasteiger partial charge is 0.353 e. The minimum absolute atomic E-state index is 0.119. The number of nitrogens with zero attached hydrogens (tertiary/aromatic N) is 3. The number of nitrogens with one attached hydrogen (secondary N) is 1. The number of carbonyl (C=O) groups excluding carboxylic acids is 1. The van der Waals surface area contributed by atoms with Gasteiger partial charge in [-0.15, -0.1) is 0 Å². The molecule has 1 aromatic carbocycles. The number of hydrogen-bond donors (Lipinski definition) is 1. The molecule has 0 aliphatic carbocycles. The average molecular weight is 332 g/mol. The summed E-state index contributed by atoms with van der Waals surface area (Å²) in [4.78, 5) is 21.3. The molecule has 0 bridgehead atoms. The number of anilines is 1. The molecule has 1 N–H and O–H groups in total. The summed E-state index contributed by atoms with van der Waals surface area (Å²) in [6.45, 7) is 8.28. The van der Waals surface area contributed by atoms with Gasteiger partial charge in [0.15, 0.2) is 5.13 Å². The van der Waals surface area contributed by atoms with Gasteiger partial charge in [-0.05, 0) is 32.4 Å². The Morgan fingerprint density at radius 2 is 2.09 bits per heavy atom. The lowest BCUT2D eigenvalue weighted by molar-refractivity contribution is -0.122. The molecule has 3 rings (SSSR count). The Kier molecular flexibility index (Phi) is 5.13. The van der Waals surface area contributed by atoms with Gasteiger partial charge in [-0.2, -0.15) is 0 Å². The van der Waals surface area contributed by atoms with E-state index < -0.39 is 0 Å². The highest BCUT2D eigenvalue weighted by Crippen LogP contribution is 2.29. The smallest absolute Gasteiger partial charge is 0.234 e. The summed E-state index contributed by atoms with van der Waals surface area (Å²) in [5.41, 5.74) is 1.07. The van der Waals surface area contributed by atoms with Crippen LogP contribution in [-0.2, 0) is 4.79 Å². The van der Waals surface area contributed by atoms with Crippen LogP contribution in [0, 0.1) is 0 Å². The first kappa shape index (κ1) is 16.2. The Labute approximate surface area is 141 Å². The molecular weight excluding hydrogens is 308 g/mol. The predicted molar refractivity (Wildman–Crippen MR) is 96.2 cm³/mol. The highest BCUT2D eigenvalue weighted by molar-refractivity contribution is 7.22. The maximum Gasteiger partial charge on any atom is 0.234 e. The lowest BCUT2D eigenvalue weighted by Gasteiger charge is -2.21. The minimum atomic E-state index is 0.119. The number of carbonyl (C=O) groups is 1. The van der Waals surface area contributed by atoms with E-state index in [1.807, 2.05) is 19.9 Å². The SMILES string of the molecule is CC(C)NC(=O)CN1CCCN(c2nc3ccccc3s2)CC1. The van der Waals surface area contributed by atoms with Crippen molar-refractivity contribution in [1.29, 1.82) is 0 Å². The number of aromatic nitrogens is 1. The second-order valence-electron chi connectivity index (χ2n) is 6.30. The Hall–Kier alpha value is -1.66. The monoisotopic (exact) mass is 332 g/mol. The molecule has 0 unspecified atom stereocenters. The fourth-order valence-corrected chi connectivity index (χ4v) is 3.90. The lowest BCUT2D eigenvalue weighted by Crippen LogP contribution is -2.41. The second-order valence-corrected chi connectivity index (χ2v) is 7.31. The highest BCUT2D eigenvalue weighted by atomic mass is 32.1. The van der Waals surface area contributed by atoms with Crippen molar-refractivity contribution in [2.75, 3.05) is 37.6 Å². The Balaban J connectivity index is 1.60. The number of para-hydroxylation sites is 1. The van der Waals surface area contributed by atoms with Crippen molar-refractivity contribution in [3.63, 3.8) is 0 Å². The van der Waals surface area contributed by atoms with Crippen molar-refractivity contribution >= 4 is 32.6 Å². The Bertz CT molecular complexity index is 636. The van der Waals surface area contributed by atoms with Crippen LogP contribution < -0.4 is 10.2 Å². The number of thiazole rings is 1. The maximum absolute atomic E-state index is 11.9. The zero-order chi connectivity index (χ0) is 16.2. The molecule has 0 saturated carbocycles. The van der Waals surface area contributed by atoms with Crippen LogP contribution in [0.5, 0.6) is 0 Å². The summed E-state index contributed by atoms with van der Waals surface area (Å²) >= 11 is 1.75. The van der Waals surface area contributed by atoms with Crippen molar-refractivity contribution < 1.29 is 4.79 Å². The van der Waals surface area contributed by atoms with Gasteiger partial charge in [-0.3, -0.25) is 9.69 Å². The van der Waals surface area contributed by atoms with Crippen LogP contribution in [0.15, 0.2) is 24.3 Å². The first-order valence-electron chi connectivity index (χ1n) is 8.24. The van der Waals surface area contributed by atoms with Gasteiger partial charge < -0.3 is 10.2 Å². The summed E-state index contributed by atoms with van der Waals surface area (Å²) < 4.78 is 1.24. The molecule has 124 valence electrons. The van der Waals surface area contributed by atoms with Crippen molar-refractivity contribution in [2.45, 2.75) is 26.3 Å². The molecule has 1 aliphatic rings. The topological polar surface area (TPSA) is 48.5 Å². The molecule has 23 heavy (non-hydrogen) atoms. The standard InChI is InChI=1S/C17H24N4OS/c1-13(2)18-16(22)12-20-8-5-9-21(11-10-20)17-19-14-6-3-4-7-15(14)23-17/h3-4,6-7,13H,5,8-12H2,1-2H3,(H,18,22). The molecule has 0 spiro atoms. The number of rotatable bonds is 4. The van der Waals surface area contributed by atoms with E-state index in [-0.39, 0.29) is 11.9 Å². The molecule has 1 amide bonds. The Morgan fingerprint density at radius 3 is 2.87 bits per heavy atom. The summed E-state index contributed by atoms with van der Waals surface area (Å²) in [5.74, 6) is 0.119. The van der Waals surface area contributed by atoms with E-state index in [2.05, 4.69) is 33.3 Å². The average Bonchev–Trinajstić information content (AvgIpc) is 2.80. The van der Waals surface area contributed by atoms with Crippen LogP contribution in [0.4, 0.5) is 5.13 Å². The van der Waals surface area contributed by atoms with Gasteiger partial charge in [0.05, 0.1) is 16.8 Å². The molecule has 1 fully saturated rings. The molecule has 1 aromatic heterocycles. The first-order chi connectivity index (χ1) is 11.1. The third-order valence-electron chi connectivity index (χ3n) is 3.96. The number of fused-ring (bicyclic) bond motifs is 1. The van der Waals surface area contributed by atoms with E-state index >= 15 is 0 Å². The van der Waals surface area contributed by atoms with Gasteiger partial charge in [-0.25, -0.2) is 4.98 Å². The Morgan fingerprint density at radius 1 is 1.26 bits per heavy atom. The normalized spacial score (nSPS) is 16.7. The molecule has 2 aromatic rings. The zero-order valence-corrected chi connectivity index (χ0v) is 14.6. The van der Waals surface area contributed by atoms with Crippen LogP contribution >= 0.6 is 11.3 Å². The van der Waals surface area contributed by atoms with Gasteiger partial charge in [0.2, 0.25) is 5.91 Å². The summed E-state index contributed by atoms with van der Waals surface area (Å²) in [6, 6.07) is 8.48. The van der Waals surface area contributed by atoms with Gasteiger partial charge >= 0.3 is 0 Å². The van der Waals surface area contributed by atoms with Gasteiger partial charge in [0.1, 0.15) is 0 Å². The van der Waals surface area contributed by atoms with Crippen molar-refractivity contribution in [3.05, 3.63) is 24.3 Å². The van der Waals surface area contributed by atoms with E-state index in [4.69, 9.17) is 4.98 Å².